The van der Waals surface area contributed by atoms with Gasteiger partial charge < -0.3 is 4.98 Å². The van der Waals surface area contributed by atoms with Crippen molar-refractivity contribution in [1.82, 2.24) is 18.6 Å². The first-order valence-corrected chi connectivity index (χ1v) is 10.0. The SMILES string of the molecule is Cc1cc(F)c(-n2c(=O)cc(C(F)(F)F)[nH]c2=O)cc1C(=O)NS(=O)(=O)N(C)C(C)C. The molecule has 0 aliphatic heterocycles. The van der Waals surface area contributed by atoms with Crippen molar-refractivity contribution in [2.75, 3.05) is 7.05 Å². The summed E-state index contributed by atoms with van der Waals surface area (Å²) in [6.07, 6.45) is -5.02. The number of carbonyl (C=O) groups is 1. The molecule has 0 saturated heterocycles. The smallest absolute Gasteiger partial charge is 0.303 e. The summed E-state index contributed by atoms with van der Waals surface area (Å²) in [4.78, 5) is 38.1. The maximum absolute atomic E-state index is 14.5. The van der Waals surface area contributed by atoms with Gasteiger partial charge in [-0.2, -0.15) is 25.9 Å². The lowest BCUT2D eigenvalue weighted by molar-refractivity contribution is -0.141. The Morgan fingerprint density at radius 1 is 1.19 bits per heavy atom. The van der Waals surface area contributed by atoms with Gasteiger partial charge in [0.05, 0.1) is 5.69 Å². The summed E-state index contributed by atoms with van der Waals surface area (Å²) < 4.78 is 79.9. The minimum atomic E-state index is -5.02. The number of aromatic nitrogens is 2. The Kier molecular flexibility index (Phi) is 6.47. The Balaban J connectivity index is 2.61. The van der Waals surface area contributed by atoms with Gasteiger partial charge in [-0.25, -0.2) is 18.5 Å². The highest BCUT2D eigenvalue weighted by Crippen LogP contribution is 2.26. The van der Waals surface area contributed by atoms with Gasteiger partial charge in [0.2, 0.25) is 0 Å². The van der Waals surface area contributed by atoms with Gasteiger partial charge in [-0.15, -0.1) is 0 Å². The third kappa shape index (κ3) is 5.02. The van der Waals surface area contributed by atoms with Crippen molar-refractivity contribution in [2.45, 2.75) is 33.0 Å². The van der Waals surface area contributed by atoms with E-state index in [4.69, 9.17) is 0 Å². The number of aryl methyl sites for hydroxylation is 1. The third-order valence-corrected chi connectivity index (χ3v) is 5.97. The Bertz CT molecular complexity index is 1220. The van der Waals surface area contributed by atoms with Crippen LogP contribution in [0.5, 0.6) is 0 Å². The molecule has 2 N–H and O–H groups in total. The van der Waals surface area contributed by atoms with Crippen LogP contribution in [-0.4, -0.2) is 41.3 Å². The topological polar surface area (TPSA) is 121 Å². The van der Waals surface area contributed by atoms with Crippen LogP contribution in [0.2, 0.25) is 0 Å². The van der Waals surface area contributed by atoms with Crippen LogP contribution in [0.1, 0.15) is 35.5 Å². The standard InChI is InChI=1S/C17H18F4N4O5S/c1-8(2)24(4)31(29,30)23-15(27)10-6-12(11(18)5-9(10)3)25-14(26)7-13(17(19,20)21)22-16(25)28/h5-8H,1-4H3,(H,22,28)(H,23,27). The molecule has 0 aliphatic rings. The molecule has 31 heavy (non-hydrogen) atoms. The third-order valence-electron chi connectivity index (χ3n) is 4.35. The zero-order valence-electron chi connectivity index (χ0n) is 16.7. The minimum absolute atomic E-state index is 0.0439. The van der Waals surface area contributed by atoms with Crippen molar-refractivity contribution in [3.8, 4) is 5.69 Å². The van der Waals surface area contributed by atoms with Crippen molar-refractivity contribution in [3.05, 3.63) is 61.7 Å². The monoisotopic (exact) mass is 466 g/mol. The highest BCUT2D eigenvalue weighted by atomic mass is 32.2. The maximum Gasteiger partial charge on any atom is 0.431 e. The predicted octanol–water partition coefficient (Wildman–Crippen LogP) is 1.31. The largest absolute Gasteiger partial charge is 0.431 e. The van der Waals surface area contributed by atoms with Gasteiger partial charge in [-0.05, 0) is 38.5 Å². The summed E-state index contributed by atoms with van der Waals surface area (Å²) in [7, 11) is -3.06. The van der Waals surface area contributed by atoms with E-state index in [0.717, 1.165) is 10.4 Å². The summed E-state index contributed by atoms with van der Waals surface area (Å²) in [6.45, 7) is 4.36. The van der Waals surface area contributed by atoms with Gasteiger partial charge in [0.25, 0.3) is 11.5 Å². The van der Waals surface area contributed by atoms with Crippen LogP contribution in [0.25, 0.3) is 5.69 Å². The van der Waals surface area contributed by atoms with Gasteiger partial charge in [-0.1, -0.05) is 0 Å². The molecule has 0 aliphatic carbocycles. The number of nitrogens with zero attached hydrogens (tertiary/aromatic N) is 2. The van der Waals surface area contributed by atoms with Crippen molar-refractivity contribution >= 4 is 16.1 Å². The quantitative estimate of drug-likeness (QED) is 0.644. The van der Waals surface area contributed by atoms with Gasteiger partial charge in [-0.3, -0.25) is 9.59 Å². The summed E-state index contributed by atoms with van der Waals surface area (Å²) in [5, 5.41) is 0. The van der Waals surface area contributed by atoms with Crippen molar-refractivity contribution in [3.63, 3.8) is 0 Å². The van der Waals surface area contributed by atoms with Crippen molar-refractivity contribution in [2.24, 2.45) is 0 Å². The molecule has 2 rings (SSSR count). The molecule has 1 aromatic heterocycles. The molecular formula is C17H18F4N4O5S. The average molecular weight is 466 g/mol. The number of halogens is 4. The van der Waals surface area contributed by atoms with E-state index in [2.05, 4.69) is 0 Å². The molecule has 2 aromatic rings. The number of aromatic amines is 1. The Hall–Kier alpha value is -3.00. The van der Waals surface area contributed by atoms with E-state index in [0.29, 0.717) is 6.07 Å². The van der Waals surface area contributed by atoms with E-state index in [1.54, 1.807) is 18.6 Å². The van der Waals surface area contributed by atoms with E-state index >= 15 is 0 Å². The van der Waals surface area contributed by atoms with Crippen LogP contribution >= 0.6 is 0 Å². The fourth-order valence-corrected chi connectivity index (χ4v) is 3.52. The van der Waals surface area contributed by atoms with Gasteiger partial charge in [0.15, 0.2) is 0 Å². The summed E-state index contributed by atoms with van der Waals surface area (Å²) in [6, 6.07) is 1.00. The molecule has 0 unspecified atom stereocenters. The fraction of sp³-hybridized carbons (Fsp3) is 0.353. The summed E-state index contributed by atoms with van der Waals surface area (Å²) in [5.41, 5.74) is -6.02. The average Bonchev–Trinajstić information content (AvgIpc) is 2.60. The number of hydrogen-bond acceptors (Lipinski definition) is 5. The number of carbonyl (C=O) groups excluding carboxylic acids is 1. The normalized spacial score (nSPS) is 12.5. The number of nitrogens with one attached hydrogen (secondary N) is 2. The zero-order chi connectivity index (χ0) is 23.9. The Morgan fingerprint density at radius 2 is 1.77 bits per heavy atom. The molecule has 0 radical (unpaired) electrons. The van der Waals surface area contributed by atoms with E-state index in [9.17, 15) is 40.4 Å². The molecule has 0 bridgehead atoms. The maximum atomic E-state index is 14.5. The van der Waals surface area contributed by atoms with Crippen LogP contribution < -0.4 is 16.0 Å². The van der Waals surface area contributed by atoms with Crippen LogP contribution in [0.3, 0.4) is 0 Å². The lowest BCUT2D eigenvalue weighted by atomic mass is 10.1. The lowest BCUT2D eigenvalue weighted by Gasteiger charge is -2.21. The molecule has 1 amide bonds. The molecular weight excluding hydrogens is 448 g/mol. The van der Waals surface area contributed by atoms with Crippen LogP contribution in [0.15, 0.2) is 27.8 Å². The molecule has 9 nitrogen and oxygen atoms in total. The molecule has 0 saturated carbocycles. The Morgan fingerprint density at radius 3 is 2.26 bits per heavy atom. The first kappa shape index (κ1) is 24.3. The number of H-pyrrole nitrogens is 1. The summed E-state index contributed by atoms with van der Waals surface area (Å²) >= 11 is 0. The highest BCUT2D eigenvalue weighted by Gasteiger charge is 2.33. The zero-order valence-corrected chi connectivity index (χ0v) is 17.5. The molecule has 0 spiro atoms. The van der Waals surface area contributed by atoms with Crippen LogP contribution in [-0.2, 0) is 16.4 Å². The molecule has 1 aromatic carbocycles. The summed E-state index contributed by atoms with van der Waals surface area (Å²) in [5.74, 6) is -2.38. The molecule has 1 heterocycles. The van der Waals surface area contributed by atoms with E-state index in [1.165, 1.54) is 19.0 Å². The fourth-order valence-electron chi connectivity index (χ4n) is 2.48. The minimum Gasteiger partial charge on any atom is -0.303 e. The molecule has 0 fully saturated rings. The number of rotatable bonds is 5. The van der Waals surface area contributed by atoms with E-state index in [-0.39, 0.29) is 16.2 Å². The second kappa shape index (κ2) is 8.26. The predicted molar refractivity (Wildman–Crippen MR) is 102 cm³/mol. The second-order valence-electron chi connectivity index (χ2n) is 6.82. The van der Waals surface area contributed by atoms with Crippen LogP contribution in [0.4, 0.5) is 17.6 Å². The second-order valence-corrected chi connectivity index (χ2v) is 8.55. The number of amides is 1. The van der Waals surface area contributed by atoms with Crippen LogP contribution in [0, 0.1) is 12.7 Å². The molecule has 0 atom stereocenters. The Labute approximate surface area is 173 Å². The first-order valence-electron chi connectivity index (χ1n) is 8.60. The lowest BCUT2D eigenvalue weighted by Crippen LogP contribution is -2.44. The van der Waals surface area contributed by atoms with Crippen molar-refractivity contribution < 1.29 is 30.8 Å². The number of alkyl halides is 3. The number of benzene rings is 1. The van der Waals surface area contributed by atoms with Crippen molar-refractivity contribution in [1.29, 1.82) is 0 Å². The molecule has 14 heteroatoms. The molecule has 170 valence electrons. The number of hydrogen-bond donors (Lipinski definition) is 2. The van der Waals surface area contributed by atoms with Gasteiger partial charge in [0.1, 0.15) is 11.5 Å². The first-order chi connectivity index (χ1) is 14.1. The van der Waals surface area contributed by atoms with E-state index < -0.39 is 62.3 Å². The van der Waals surface area contributed by atoms with E-state index in [1.807, 2.05) is 0 Å². The highest BCUT2D eigenvalue weighted by molar-refractivity contribution is 7.87. The van der Waals surface area contributed by atoms with Gasteiger partial charge >= 0.3 is 22.1 Å². The van der Waals surface area contributed by atoms with Gasteiger partial charge in [0, 0.05) is 24.7 Å².